The van der Waals surface area contributed by atoms with E-state index in [9.17, 15) is 5.26 Å². The molecule has 2 rings (SSSR count). The van der Waals surface area contributed by atoms with Gasteiger partial charge in [-0.2, -0.15) is 10.5 Å². The van der Waals surface area contributed by atoms with Crippen molar-refractivity contribution in [3.05, 3.63) is 53.6 Å². The Hall–Kier alpha value is -2.98. The first-order valence-corrected chi connectivity index (χ1v) is 6.22. The quantitative estimate of drug-likeness (QED) is 0.915. The van der Waals surface area contributed by atoms with E-state index in [1.54, 1.807) is 18.2 Å². The van der Waals surface area contributed by atoms with Gasteiger partial charge in [-0.15, -0.1) is 0 Å². The van der Waals surface area contributed by atoms with E-state index >= 15 is 0 Å². The third-order valence-corrected chi connectivity index (χ3v) is 2.75. The fraction of sp³-hybridized carbons (Fsp3) is 0.125. The van der Waals surface area contributed by atoms with Crippen LogP contribution in [0.15, 0.2) is 42.5 Å². The van der Waals surface area contributed by atoms with E-state index in [-0.39, 0.29) is 0 Å². The van der Waals surface area contributed by atoms with Gasteiger partial charge < -0.3 is 10.1 Å². The number of benzene rings is 2. The summed E-state index contributed by atoms with van der Waals surface area (Å²) in [6.07, 6.45) is 0. The van der Waals surface area contributed by atoms with Gasteiger partial charge in [-0.25, -0.2) is 0 Å². The zero-order valence-electron chi connectivity index (χ0n) is 11.1. The van der Waals surface area contributed by atoms with Crippen LogP contribution >= 0.6 is 0 Å². The lowest BCUT2D eigenvalue weighted by Gasteiger charge is -2.13. The van der Waals surface area contributed by atoms with E-state index in [2.05, 4.69) is 11.4 Å². The molecule has 0 aliphatic rings. The molecule has 0 unspecified atom stereocenters. The standard InChI is InChI=1S/C16H13N3O/c1-2-20-16-9-4-3-7-15(16)19-14-8-5-6-12(10-17)13(14)11-18/h3-9,19H,2H2,1H3. The first kappa shape index (κ1) is 13.5. The van der Waals surface area contributed by atoms with Gasteiger partial charge >= 0.3 is 0 Å². The van der Waals surface area contributed by atoms with Crippen molar-refractivity contribution in [1.82, 2.24) is 0 Å². The van der Waals surface area contributed by atoms with Gasteiger partial charge in [-0.05, 0) is 31.2 Å². The molecular formula is C16H13N3O. The summed E-state index contributed by atoms with van der Waals surface area (Å²) in [5.74, 6) is 0.709. The maximum atomic E-state index is 9.21. The minimum atomic E-state index is 0.335. The van der Waals surface area contributed by atoms with Crippen LogP contribution in [0.3, 0.4) is 0 Å². The highest BCUT2D eigenvalue weighted by molar-refractivity contribution is 5.73. The monoisotopic (exact) mass is 263 g/mol. The van der Waals surface area contributed by atoms with Crippen molar-refractivity contribution in [2.75, 3.05) is 11.9 Å². The Morgan fingerprint density at radius 1 is 1.00 bits per heavy atom. The van der Waals surface area contributed by atoms with Gasteiger partial charge in [0.15, 0.2) is 0 Å². The van der Waals surface area contributed by atoms with Crippen LogP contribution in [0, 0.1) is 22.7 Å². The second-order valence-electron chi connectivity index (χ2n) is 4.01. The SMILES string of the molecule is CCOc1ccccc1Nc1cccc(C#N)c1C#N. The predicted octanol–water partition coefficient (Wildman–Crippen LogP) is 3.57. The summed E-state index contributed by atoms with van der Waals surface area (Å²) in [6.45, 7) is 2.47. The molecule has 0 aliphatic carbocycles. The van der Waals surface area contributed by atoms with E-state index in [4.69, 9.17) is 10.00 Å². The molecule has 4 heteroatoms. The van der Waals surface area contributed by atoms with Crippen molar-refractivity contribution in [1.29, 1.82) is 10.5 Å². The molecule has 0 amide bonds. The molecule has 0 radical (unpaired) electrons. The van der Waals surface area contributed by atoms with E-state index in [0.717, 1.165) is 5.69 Å². The van der Waals surface area contributed by atoms with Crippen LogP contribution in [0.2, 0.25) is 0 Å². The molecule has 0 aromatic heterocycles. The molecule has 2 aromatic carbocycles. The Kier molecular flexibility index (Phi) is 4.21. The van der Waals surface area contributed by atoms with Crippen LogP contribution in [0.25, 0.3) is 0 Å². The molecule has 0 fully saturated rings. The molecule has 4 nitrogen and oxygen atoms in total. The van der Waals surface area contributed by atoms with Crippen molar-refractivity contribution < 1.29 is 4.74 Å². The Bertz CT molecular complexity index is 696. The molecular weight excluding hydrogens is 250 g/mol. The number of hydrogen-bond donors (Lipinski definition) is 1. The van der Waals surface area contributed by atoms with Crippen LogP contribution in [0.5, 0.6) is 5.75 Å². The Balaban J connectivity index is 2.41. The summed E-state index contributed by atoms with van der Waals surface area (Å²) < 4.78 is 5.53. The van der Waals surface area contributed by atoms with Crippen molar-refractivity contribution in [2.24, 2.45) is 0 Å². The molecule has 2 aromatic rings. The second kappa shape index (κ2) is 6.26. The lowest BCUT2D eigenvalue weighted by molar-refractivity contribution is 0.342. The molecule has 0 bridgehead atoms. The van der Waals surface area contributed by atoms with Crippen molar-refractivity contribution >= 4 is 11.4 Å². The van der Waals surface area contributed by atoms with Crippen LogP contribution in [0.4, 0.5) is 11.4 Å². The van der Waals surface area contributed by atoms with Crippen LogP contribution in [-0.4, -0.2) is 6.61 Å². The Morgan fingerprint density at radius 2 is 1.75 bits per heavy atom. The number of nitrogens with zero attached hydrogens (tertiary/aromatic N) is 2. The molecule has 0 aliphatic heterocycles. The highest BCUT2D eigenvalue weighted by atomic mass is 16.5. The van der Waals surface area contributed by atoms with E-state index in [0.29, 0.717) is 29.2 Å². The van der Waals surface area contributed by atoms with Gasteiger partial charge in [0.05, 0.1) is 29.1 Å². The minimum Gasteiger partial charge on any atom is -0.492 e. The van der Waals surface area contributed by atoms with Crippen LogP contribution in [-0.2, 0) is 0 Å². The summed E-state index contributed by atoms with van der Waals surface area (Å²) in [6, 6.07) is 16.7. The summed E-state index contributed by atoms with van der Waals surface area (Å²) in [4.78, 5) is 0. The first-order valence-electron chi connectivity index (χ1n) is 6.22. The topological polar surface area (TPSA) is 68.8 Å². The summed E-state index contributed by atoms with van der Waals surface area (Å²) in [7, 11) is 0. The fourth-order valence-corrected chi connectivity index (χ4v) is 1.87. The number of para-hydroxylation sites is 2. The Labute approximate surface area is 117 Å². The number of anilines is 2. The third-order valence-electron chi connectivity index (χ3n) is 2.75. The van der Waals surface area contributed by atoms with Crippen molar-refractivity contribution in [3.8, 4) is 17.9 Å². The minimum absolute atomic E-state index is 0.335. The number of rotatable bonds is 4. The normalized spacial score (nSPS) is 9.35. The van der Waals surface area contributed by atoms with Gasteiger partial charge in [0.25, 0.3) is 0 Å². The third kappa shape index (κ3) is 2.71. The summed E-state index contributed by atoms with van der Waals surface area (Å²) in [5.41, 5.74) is 2.05. The van der Waals surface area contributed by atoms with Gasteiger partial charge in [0, 0.05) is 0 Å². The van der Waals surface area contributed by atoms with Crippen molar-refractivity contribution in [3.63, 3.8) is 0 Å². The fourth-order valence-electron chi connectivity index (χ4n) is 1.87. The second-order valence-corrected chi connectivity index (χ2v) is 4.01. The first-order chi connectivity index (χ1) is 9.80. The molecule has 0 saturated heterocycles. The van der Waals surface area contributed by atoms with Crippen LogP contribution in [0.1, 0.15) is 18.1 Å². The van der Waals surface area contributed by atoms with Gasteiger partial charge in [-0.3, -0.25) is 0 Å². The average molecular weight is 263 g/mol. The molecule has 1 N–H and O–H groups in total. The number of hydrogen-bond acceptors (Lipinski definition) is 4. The molecule has 0 heterocycles. The molecule has 0 saturated carbocycles. The molecule has 0 spiro atoms. The highest BCUT2D eigenvalue weighted by Gasteiger charge is 2.09. The van der Waals surface area contributed by atoms with Gasteiger partial charge in [0.2, 0.25) is 0 Å². The summed E-state index contributed by atoms with van der Waals surface area (Å²) in [5, 5.41) is 21.4. The van der Waals surface area contributed by atoms with E-state index in [1.165, 1.54) is 0 Å². The number of nitrogens with one attached hydrogen (secondary N) is 1. The average Bonchev–Trinajstić information content (AvgIpc) is 2.49. The number of ether oxygens (including phenoxy) is 1. The zero-order chi connectivity index (χ0) is 14.4. The van der Waals surface area contributed by atoms with E-state index < -0.39 is 0 Å². The van der Waals surface area contributed by atoms with Crippen molar-refractivity contribution in [2.45, 2.75) is 6.92 Å². The smallest absolute Gasteiger partial charge is 0.142 e. The van der Waals surface area contributed by atoms with Crippen LogP contribution < -0.4 is 10.1 Å². The molecule has 20 heavy (non-hydrogen) atoms. The zero-order valence-corrected chi connectivity index (χ0v) is 11.1. The maximum Gasteiger partial charge on any atom is 0.142 e. The largest absolute Gasteiger partial charge is 0.492 e. The lowest BCUT2D eigenvalue weighted by atomic mass is 10.1. The summed E-state index contributed by atoms with van der Waals surface area (Å²) >= 11 is 0. The Morgan fingerprint density at radius 3 is 2.45 bits per heavy atom. The van der Waals surface area contributed by atoms with Gasteiger partial charge in [-0.1, -0.05) is 18.2 Å². The maximum absolute atomic E-state index is 9.21. The highest BCUT2D eigenvalue weighted by Crippen LogP contribution is 2.29. The predicted molar refractivity (Wildman–Crippen MR) is 76.8 cm³/mol. The molecule has 0 atom stereocenters. The lowest BCUT2D eigenvalue weighted by Crippen LogP contribution is -2.00. The van der Waals surface area contributed by atoms with E-state index in [1.807, 2.05) is 37.3 Å². The number of nitriles is 2. The van der Waals surface area contributed by atoms with Gasteiger partial charge in [0.1, 0.15) is 17.9 Å². The molecule has 98 valence electrons.